The summed E-state index contributed by atoms with van der Waals surface area (Å²) >= 11 is 0. The topological polar surface area (TPSA) is 109 Å². The Morgan fingerprint density at radius 3 is 2.79 bits per heavy atom. The minimum absolute atomic E-state index is 0.0412. The van der Waals surface area contributed by atoms with Crippen LogP contribution in [0.1, 0.15) is 21.6 Å². The molecule has 7 nitrogen and oxygen atoms in total. The number of anilines is 3. The molecule has 3 heterocycles. The molecule has 0 fully saturated rings. The number of carbonyl (C=O) groups is 1. The number of carbonyl (C=O) groups excluding carboxylic acids is 1. The standard InChI is InChI=1S/C18H15F3N6O/c19-18(20,21)9-2-1-3-10(8-9)25-15-13-11(4-6-23-16(13)28)26-14(15)12-5-7-24-17(22)27-12/h1-3,5,7-8,25-26H,4,6H2,(H,23,28)(H2,22,24,27). The molecule has 0 atom stereocenters. The van der Waals surface area contributed by atoms with E-state index in [1.54, 1.807) is 6.07 Å². The van der Waals surface area contributed by atoms with Crippen molar-refractivity contribution in [2.24, 2.45) is 0 Å². The number of nitrogen functional groups attached to an aromatic ring is 1. The molecule has 0 bridgehead atoms. The molecule has 1 aliphatic heterocycles. The van der Waals surface area contributed by atoms with Crippen LogP contribution in [0.25, 0.3) is 11.4 Å². The van der Waals surface area contributed by atoms with Gasteiger partial charge in [-0.2, -0.15) is 13.2 Å². The molecule has 0 aliphatic carbocycles. The van der Waals surface area contributed by atoms with Crippen molar-refractivity contribution in [3.8, 4) is 11.4 Å². The van der Waals surface area contributed by atoms with E-state index in [1.165, 1.54) is 18.3 Å². The maximum atomic E-state index is 13.0. The average molecular weight is 388 g/mol. The van der Waals surface area contributed by atoms with Crippen LogP contribution in [0.15, 0.2) is 36.5 Å². The van der Waals surface area contributed by atoms with E-state index in [1.807, 2.05) is 0 Å². The Balaban J connectivity index is 1.84. The highest BCUT2D eigenvalue weighted by Gasteiger charge is 2.31. The van der Waals surface area contributed by atoms with Crippen LogP contribution in [0, 0.1) is 0 Å². The Hall–Kier alpha value is -3.56. The molecule has 5 N–H and O–H groups in total. The summed E-state index contributed by atoms with van der Waals surface area (Å²) in [4.78, 5) is 23.6. The molecule has 3 aromatic rings. The number of hydrogen-bond acceptors (Lipinski definition) is 5. The Labute approximate surface area is 157 Å². The molecule has 0 saturated heterocycles. The molecule has 2 aromatic heterocycles. The fourth-order valence-electron chi connectivity index (χ4n) is 3.13. The number of amides is 1. The first kappa shape index (κ1) is 17.8. The van der Waals surface area contributed by atoms with Crippen LogP contribution >= 0.6 is 0 Å². The van der Waals surface area contributed by atoms with Crippen molar-refractivity contribution in [3.05, 3.63) is 53.3 Å². The third-order valence-electron chi connectivity index (χ3n) is 4.35. The number of aromatic nitrogens is 3. The van der Waals surface area contributed by atoms with Gasteiger partial charge >= 0.3 is 6.18 Å². The van der Waals surface area contributed by atoms with Gasteiger partial charge in [0.25, 0.3) is 5.91 Å². The zero-order valence-corrected chi connectivity index (χ0v) is 14.4. The normalized spacial score (nSPS) is 13.8. The molecule has 0 spiro atoms. The highest BCUT2D eigenvalue weighted by atomic mass is 19.4. The molecule has 28 heavy (non-hydrogen) atoms. The van der Waals surface area contributed by atoms with Gasteiger partial charge in [0.15, 0.2) is 0 Å². The quantitative estimate of drug-likeness (QED) is 0.551. The second-order valence-electron chi connectivity index (χ2n) is 6.24. The Bertz CT molecular complexity index is 1060. The van der Waals surface area contributed by atoms with E-state index in [0.29, 0.717) is 41.3 Å². The number of H-pyrrole nitrogens is 1. The van der Waals surface area contributed by atoms with Crippen LogP contribution in [-0.2, 0) is 12.6 Å². The van der Waals surface area contributed by atoms with Gasteiger partial charge in [-0.05, 0) is 24.3 Å². The van der Waals surface area contributed by atoms with Gasteiger partial charge < -0.3 is 21.4 Å². The van der Waals surface area contributed by atoms with Crippen molar-refractivity contribution < 1.29 is 18.0 Å². The highest BCUT2D eigenvalue weighted by molar-refractivity contribution is 6.06. The smallest absolute Gasteiger partial charge is 0.368 e. The zero-order valence-electron chi connectivity index (χ0n) is 14.4. The average Bonchev–Trinajstić information content (AvgIpc) is 3.01. The van der Waals surface area contributed by atoms with Gasteiger partial charge in [0.2, 0.25) is 5.95 Å². The summed E-state index contributed by atoms with van der Waals surface area (Å²) in [6.45, 7) is 0.459. The van der Waals surface area contributed by atoms with E-state index in [-0.39, 0.29) is 17.5 Å². The second-order valence-corrected chi connectivity index (χ2v) is 6.24. The molecule has 0 unspecified atom stereocenters. The first-order chi connectivity index (χ1) is 13.3. The molecule has 1 aromatic carbocycles. The Morgan fingerprint density at radius 2 is 2.04 bits per heavy atom. The predicted octanol–water partition coefficient (Wildman–Crippen LogP) is 3.10. The second kappa shape index (κ2) is 6.55. The number of hydrogen-bond donors (Lipinski definition) is 4. The minimum Gasteiger partial charge on any atom is -0.368 e. The van der Waals surface area contributed by atoms with E-state index in [2.05, 4.69) is 25.6 Å². The molecule has 4 rings (SSSR count). The fourth-order valence-corrected chi connectivity index (χ4v) is 3.13. The Kier molecular flexibility index (Phi) is 4.17. The third kappa shape index (κ3) is 3.24. The minimum atomic E-state index is -4.48. The summed E-state index contributed by atoms with van der Waals surface area (Å²) in [5.74, 6) is -0.278. The molecule has 10 heteroatoms. The van der Waals surface area contributed by atoms with E-state index in [9.17, 15) is 18.0 Å². The lowest BCUT2D eigenvalue weighted by Gasteiger charge is -2.15. The van der Waals surface area contributed by atoms with Gasteiger partial charge in [0.05, 0.1) is 28.2 Å². The van der Waals surface area contributed by atoms with Gasteiger partial charge in [0, 0.05) is 30.5 Å². The van der Waals surface area contributed by atoms with Crippen LogP contribution in [0.2, 0.25) is 0 Å². The monoisotopic (exact) mass is 388 g/mol. The number of alkyl halides is 3. The molecular weight excluding hydrogens is 373 g/mol. The molecular formula is C18H15F3N6O. The third-order valence-corrected chi connectivity index (χ3v) is 4.35. The van der Waals surface area contributed by atoms with Crippen molar-refractivity contribution in [1.29, 1.82) is 0 Å². The van der Waals surface area contributed by atoms with Crippen LogP contribution in [-0.4, -0.2) is 27.4 Å². The van der Waals surface area contributed by atoms with E-state index in [0.717, 1.165) is 12.1 Å². The molecule has 0 radical (unpaired) electrons. The number of nitrogens with zero attached hydrogens (tertiary/aromatic N) is 2. The SMILES string of the molecule is Nc1nccc(-c2[nH]c3c(c2Nc2cccc(C(F)(F)F)c2)C(=O)NCC3)n1. The number of fused-ring (bicyclic) bond motifs is 1. The molecule has 144 valence electrons. The van der Waals surface area contributed by atoms with Crippen LogP contribution in [0.3, 0.4) is 0 Å². The largest absolute Gasteiger partial charge is 0.416 e. The lowest BCUT2D eigenvalue weighted by molar-refractivity contribution is -0.137. The number of benzene rings is 1. The predicted molar refractivity (Wildman–Crippen MR) is 97.0 cm³/mol. The lowest BCUT2D eigenvalue weighted by atomic mass is 10.1. The van der Waals surface area contributed by atoms with Gasteiger partial charge in [-0.3, -0.25) is 4.79 Å². The highest BCUT2D eigenvalue weighted by Crippen LogP contribution is 2.37. The van der Waals surface area contributed by atoms with Crippen LogP contribution < -0.4 is 16.4 Å². The maximum absolute atomic E-state index is 13.0. The number of rotatable bonds is 3. The van der Waals surface area contributed by atoms with Crippen molar-refractivity contribution in [3.63, 3.8) is 0 Å². The van der Waals surface area contributed by atoms with Gasteiger partial charge in [-0.1, -0.05) is 6.07 Å². The van der Waals surface area contributed by atoms with E-state index in [4.69, 9.17) is 5.73 Å². The van der Waals surface area contributed by atoms with Crippen molar-refractivity contribution in [2.75, 3.05) is 17.6 Å². The number of halogens is 3. The van der Waals surface area contributed by atoms with E-state index >= 15 is 0 Å². The molecule has 0 saturated carbocycles. The first-order valence-corrected chi connectivity index (χ1v) is 8.39. The summed E-state index contributed by atoms with van der Waals surface area (Å²) < 4.78 is 39.1. The number of aromatic amines is 1. The Morgan fingerprint density at radius 1 is 1.21 bits per heavy atom. The summed E-state index contributed by atoms with van der Waals surface area (Å²) in [7, 11) is 0. The number of nitrogens with two attached hydrogens (primary N) is 1. The first-order valence-electron chi connectivity index (χ1n) is 8.39. The summed E-state index contributed by atoms with van der Waals surface area (Å²) in [6.07, 6.45) is -2.46. The van der Waals surface area contributed by atoms with E-state index < -0.39 is 11.7 Å². The maximum Gasteiger partial charge on any atom is 0.416 e. The van der Waals surface area contributed by atoms with Gasteiger partial charge in [0.1, 0.15) is 0 Å². The summed E-state index contributed by atoms with van der Waals surface area (Å²) in [5, 5.41) is 5.69. The molecule has 1 aliphatic rings. The van der Waals surface area contributed by atoms with Crippen LogP contribution in [0.4, 0.5) is 30.5 Å². The van der Waals surface area contributed by atoms with Crippen molar-refractivity contribution >= 4 is 23.2 Å². The zero-order chi connectivity index (χ0) is 19.9. The summed E-state index contributed by atoms with van der Waals surface area (Å²) in [5.41, 5.74) is 7.28. The van der Waals surface area contributed by atoms with Gasteiger partial charge in [-0.15, -0.1) is 0 Å². The fraction of sp³-hybridized carbons (Fsp3) is 0.167. The van der Waals surface area contributed by atoms with Crippen molar-refractivity contribution in [1.82, 2.24) is 20.3 Å². The lowest BCUT2D eigenvalue weighted by Crippen LogP contribution is -2.31. The summed E-state index contributed by atoms with van der Waals surface area (Å²) in [6, 6.07) is 6.36. The van der Waals surface area contributed by atoms with Gasteiger partial charge in [-0.25, -0.2) is 9.97 Å². The van der Waals surface area contributed by atoms with Crippen LogP contribution in [0.5, 0.6) is 0 Å². The van der Waals surface area contributed by atoms with Crippen molar-refractivity contribution in [2.45, 2.75) is 12.6 Å². The number of nitrogens with one attached hydrogen (secondary N) is 3. The molecule has 1 amide bonds.